The van der Waals surface area contributed by atoms with Gasteiger partial charge in [-0.05, 0) is 37.0 Å². The van der Waals surface area contributed by atoms with E-state index in [1.807, 2.05) is 0 Å². The Morgan fingerprint density at radius 2 is 1.50 bits per heavy atom. The highest BCUT2D eigenvalue weighted by Gasteiger charge is 2.29. The van der Waals surface area contributed by atoms with Gasteiger partial charge >= 0.3 is 6.18 Å². The molecule has 0 fully saturated rings. The van der Waals surface area contributed by atoms with Gasteiger partial charge in [0.05, 0.1) is 5.56 Å². The Kier molecular flexibility index (Phi) is 6.55. The van der Waals surface area contributed by atoms with E-state index in [1.54, 1.807) is 0 Å². The van der Waals surface area contributed by atoms with Gasteiger partial charge in [-0.1, -0.05) is 31.4 Å². The van der Waals surface area contributed by atoms with E-state index in [0.29, 0.717) is 6.42 Å². The lowest BCUT2D eigenvalue weighted by Gasteiger charge is -2.07. The van der Waals surface area contributed by atoms with Crippen LogP contribution in [0, 0.1) is 0 Å². The molecule has 0 spiro atoms. The molecule has 1 aromatic carbocycles. The van der Waals surface area contributed by atoms with Crippen LogP contribution in [0.25, 0.3) is 0 Å². The standard InChI is InChI=1S/C15H20F3NO/c16-15(17,18)13-10-8-12(9-11-13)6-4-2-1-3-5-7-14(19)20/h8-11H,1-7H2,(H2,19,20). The van der Waals surface area contributed by atoms with Gasteiger partial charge in [-0.3, -0.25) is 4.79 Å². The highest BCUT2D eigenvalue weighted by molar-refractivity contribution is 5.73. The average Bonchev–Trinajstić information content (AvgIpc) is 2.37. The predicted octanol–water partition coefficient (Wildman–Crippen LogP) is 4.07. The molecular formula is C15H20F3NO. The molecule has 20 heavy (non-hydrogen) atoms. The second-order valence-corrected chi connectivity index (χ2v) is 4.93. The average molecular weight is 287 g/mol. The van der Waals surface area contributed by atoms with Crippen molar-refractivity contribution in [3.05, 3.63) is 35.4 Å². The fourth-order valence-corrected chi connectivity index (χ4v) is 2.02. The Bertz CT molecular complexity index is 412. The molecule has 0 bridgehead atoms. The van der Waals surface area contributed by atoms with Crippen LogP contribution < -0.4 is 5.73 Å². The minimum Gasteiger partial charge on any atom is -0.370 e. The smallest absolute Gasteiger partial charge is 0.370 e. The Hall–Kier alpha value is -1.52. The Morgan fingerprint density at radius 3 is 2.05 bits per heavy atom. The zero-order valence-electron chi connectivity index (χ0n) is 11.4. The largest absolute Gasteiger partial charge is 0.416 e. The molecule has 5 heteroatoms. The van der Waals surface area contributed by atoms with Gasteiger partial charge in [0.25, 0.3) is 0 Å². The van der Waals surface area contributed by atoms with Crippen molar-refractivity contribution in [2.45, 2.75) is 51.1 Å². The van der Waals surface area contributed by atoms with Crippen molar-refractivity contribution in [3.63, 3.8) is 0 Å². The fraction of sp³-hybridized carbons (Fsp3) is 0.533. The third kappa shape index (κ3) is 6.59. The highest BCUT2D eigenvalue weighted by Crippen LogP contribution is 2.29. The van der Waals surface area contributed by atoms with Crippen molar-refractivity contribution in [2.24, 2.45) is 5.73 Å². The quantitative estimate of drug-likeness (QED) is 0.719. The van der Waals surface area contributed by atoms with Crippen LogP contribution in [-0.4, -0.2) is 5.91 Å². The van der Waals surface area contributed by atoms with E-state index in [9.17, 15) is 18.0 Å². The summed E-state index contributed by atoms with van der Waals surface area (Å²) in [7, 11) is 0. The van der Waals surface area contributed by atoms with Gasteiger partial charge in [-0.15, -0.1) is 0 Å². The number of carbonyl (C=O) groups excluding carboxylic acids is 1. The van der Waals surface area contributed by atoms with Crippen LogP contribution in [0.5, 0.6) is 0 Å². The Labute approximate surface area is 117 Å². The number of hydrogen-bond acceptors (Lipinski definition) is 1. The van der Waals surface area contributed by atoms with Crippen molar-refractivity contribution in [2.75, 3.05) is 0 Å². The first-order valence-electron chi connectivity index (χ1n) is 6.84. The normalized spacial score (nSPS) is 11.6. The van der Waals surface area contributed by atoms with Crippen molar-refractivity contribution in [1.82, 2.24) is 0 Å². The molecule has 112 valence electrons. The van der Waals surface area contributed by atoms with Crippen molar-refractivity contribution >= 4 is 5.91 Å². The van der Waals surface area contributed by atoms with Crippen LogP contribution in [0.4, 0.5) is 13.2 Å². The van der Waals surface area contributed by atoms with Crippen molar-refractivity contribution < 1.29 is 18.0 Å². The number of amides is 1. The van der Waals surface area contributed by atoms with Crippen LogP contribution in [0.15, 0.2) is 24.3 Å². The molecule has 2 N–H and O–H groups in total. The fourth-order valence-electron chi connectivity index (χ4n) is 2.02. The zero-order chi connectivity index (χ0) is 15.0. The molecule has 1 aromatic rings. The first kappa shape index (κ1) is 16.5. The number of carbonyl (C=O) groups is 1. The molecule has 0 aliphatic rings. The van der Waals surface area contributed by atoms with Gasteiger partial charge < -0.3 is 5.73 Å². The van der Waals surface area contributed by atoms with Crippen LogP contribution >= 0.6 is 0 Å². The summed E-state index contributed by atoms with van der Waals surface area (Å²) in [6.45, 7) is 0. The SMILES string of the molecule is NC(=O)CCCCCCCc1ccc(C(F)(F)F)cc1. The van der Waals surface area contributed by atoms with Crippen LogP contribution in [-0.2, 0) is 17.4 Å². The molecule has 0 heterocycles. The maximum Gasteiger partial charge on any atom is 0.416 e. The van der Waals surface area contributed by atoms with Crippen molar-refractivity contribution in [1.29, 1.82) is 0 Å². The topological polar surface area (TPSA) is 43.1 Å². The van der Waals surface area contributed by atoms with Gasteiger partial charge in [-0.2, -0.15) is 13.2 Å². The number of unbranched alkanes of at least 4 members (excludes halogenated alkanes) is 4. The number of alkyl halides is 3. The molecule has 1 rings (SSSR count). The summed E-state index contributed by atoms with van der Waals surface area (Å²) in [6, 6.07) is 5.33. The van der Waals surface area contributed by atoms with Gasteiger partial charge in [0.2, 0.25) is 5.91 Å². The van der Waals surface area contributed by atoms with E-state index in [1.165, 1.54) is 12.1 Å². The lowest BCUT2D eigenvalue weighted by Crippen LogP contribution is -2.09. The van der Waals surface area contributed by atoms with E-state index in [0.717, 1.165) is 56.2 Å². The van der Waals surface area contributed by atoms with E-state index >= 15 is 0 Å². The summed E-state index contributed by atoms with van der Waals surface area (Å²) < 4.78 is 37.1. The molecule has 0 radical (unpaired) electrons. The lowest BCUT2D eigenvalue weighted by atomic mass is 10.0. The van der Waals surface area contributed by atoms with E-state index in [4.69, 9.17) is 5.73 Å². The predicted molar refractivity (Wildman–Crippen MR) is 72.0 cm³/mol. The monoisotopic (exact) mass is 287 g/mol. The second kappa shape index (κ2) is 7.92. The first-order chi connectivity index (χ1) is 9.39. The summed E-state index contributed by atoms with van der Waals surface area (Å²) in [4.78, 5) is 10.5. The summed E-state index contributed by atoms with van der Waals surface area (Å²) in [5.41, 5.74) is 5.36. The molecule has 0 saturated heterocycles. The maximum absolute atomic E-state index is 12.4. The van der Waals surface area contributed by atoms with Gasteiger partial charge in [0.15, 0.2) is 0 Å². The van der Waals surface area contributed by atoms with Crippen molar-refractivity contribution in [3.8, 4) is 0 Å². The molecule has 0 atom stereocenters. The summed E-state index contributed by atoms with van der Waals surface area (Å²) >= 11 is 0. The number of benzene rings is 1. The molecular weight excluding hydrogens is 267 g/mol. The van der Waals surface area contributed by atoms with Crippen LogP contribution in [0.3, 0.4) is 0 Å². The third-order valence-corrected chi connectivity index (χ3v) is 3.17. The first-order valence-corrected chi connectivity index (χ1v) is 6.84. The molecule has 2 nitrogen and oxygen atoms in total. The Balaban J connectivity index is 2.18. The van der Waals surface area contributed by atoms with E-state index in [2.05, 4.69) is 0 Å². The van der Waals surface area contributed by atoms with E-state index < -0.39 is 11.7 Å². The van der Waals surface area contributed by atoms with Crippen LogP contribution in [0.1, 0.15) is 49.7 Å². The number of halogens is 3. The second-order valence-electron chi connectivity index (χ2n) is 4.93. The summed E-state index contributed by atoms with van der Waals surface area (Å²) in [5, 5.41) is 0. The number of hydrogen-bond donors (Lipinski definition) is 1. The summed E-state index contributed by atoms with van der Waals surface area (Å²) in [6.07, 6.45) is 1.72. The minimum absolute atomic E-state index is 0.269. The van der Waals surface area contributed by atoms with E-state index in [-0.39, 0.29) is 5.91 Å². The molecule has 0 aliphatic carbocycles. The molecule has 0 saturated carbocycles. The minimum atomic E-state index is -4.26. The number of rotatable bonds is 8. The number of primary amides is 1. The summed E-state index contributed by atoms with van der Waals surface area (Å²) in [5.74, 6) is -0.269. The lowest BCUT2D eigenvalue weighted by molar-refractivity contribution is -0.137. The molecule has 1 amide bonds. The van der Waals surface area contributed by atoms with Gasteiger partial charge in [-0.25, -0.2) is 0 Å². The van der Waals surface area contributed by atoms with Gasteiger partial charge in [0, 0.05) is 6.42 Å². The number of nitrogens with two attached hydrogens (primary N) is 1. The van der Waals surface area contributed by atoms with Gasteiger partial charge in [0.1, 0.15) is 0 Å². The molecule has 0 aliphatic heterocycles. The maximum atomic E-state index is 12.4. The Morgan fingerprint density at radius 1 is 0.950 bits per heavy atom. The third-order valence-electron chi connectivity index (χ3n) is 3.17. The van der Waals surface area contributed by atoms with Crippen LogP contribution in [0.2, 0.25) is 0 Å². The number of aryl methyl sites for hydroxylation is 1. The zero-order valence-corrected chi connectivity index (χ0v) is 11.4. The molecule has 0 unspecified atom stereocenters. The molecule has 0 aromatic heterocycles. The highest BCUT2D eigenvalue weighted by atomic mass is 19.4.